The predicted molar refractivity (Wildman–Crippen MR) is 147 cm³/mol. The summed E-state index contributed by atoms with van der Waals surface area (Å²) >= 11 is 5.89. The molecule has 5 rings (SSSR count). The highest BCUT2D eigenvalue weighted by Crippen LogP contribution is 2.29. The van der Waals surface area contributed by atoms with E-state index in [1.54, 1.807) is 21.3 Å². The van der Waals surface area contributed by atoms with Crippen LogP contribution in [-0.2, 0) is 11.3 Å². The number of nitrogens with one attached hydrogen (secondary N) is 1. The Bertz CT molecular complexity index is 1630. The molecule has 0 bridgehead atoms. The lowest BCUT2D eigenvalue weighted by Crippen LogP contribution is -2.39. The first-order chi connectivity index (χ1) is 19.7. The van der Waals surface area contributed by atoms with Crippen molar-refractivity contribution in [3.63, 3.8) is 0 Å². The van der Waals surface area contributed by atoms with Gasteiger partial charge in [-0.25, -0.2) is 18.6 Å². The van der Waals surface area contributed by atoms with E-state index in [9.17, 15) is 23.2 Å². The highest BCUT2D eigenvalue weighted by Gasteiger charge is 2.27. The Hall–Kier alpha value is -4.32. The van der Waals surface area contributed by atoms with Crippen molar-refractivity contribution in [2.45, 2.75) is 44.7 Å². The maximum atomic E-state index is 13.6. The zero-order chi connectivity index (χ0) is 29.1. The second-order valence-corrected chi connectivity index (χ2v) is 10.3. The van der Waals surface area contributed by atoms with Gasteiger partial charge in [0, 0.05) is 24.8 Å². The topological polar surface area (TPSA) is 134 Å². The molecule has 13 heteroatoms. The van der Waals surface area contributed by atoms with E-state index < -0.39 is 23.9 Å². The zero-order valence-corrected chi connectivity index (χ0v) is 22.6. The fraction of sp³-hybridized carbons (Fsp3) is 0.321. The lowest BCUT2D eigenvalue weighted by Gasteiger charge is -2.29. The number of nitrogens with zero attached hydrogens (tertiary/aromatic N) is 4. The third-order valence-electron chi connectivity index (χ3n) is 7.14. The molecule has 1 fully saturated rings. The van der Waals surface area contributed by atoms with Crippen LogP contribution in [0.2, 0.25) is 5.02 Å². The molecule has 1 saturated carbocycles. The largest absolute Gasteiger partial charge is 0.468 e. The van der Waals surface area contributed by atoms with E-state index in [1.807, 2.05) is 24.3 Å². The van der Waals surface area contributed by atoms with E-state index in [4.69, 9.17) is 22.1 Å². The number of alkyl halides is 2. The predicted octanol–water partition coefficient (Wildman–Crippen LogP) is 4.03. The Kier molecular flexibility index (Phi) is 8.29. The number of carbonyl (C=O) groups excluding carboxylic acids is 2. The van der Waals surface area contributed by atoms with Gasteiger partial charge < -0.3 is 15.8 Å². The summed E-state index contributed by atoms with van der Waals surface area (Å²) in [5.41, 5.74) is 6.10. The summed E-state index contributed by atoms with van der Waals surface area (Å²) in [6, 6.07) is 11.7. The minimum Gasteiger partial charge on any atom is -0.468 e. The number of benzene rings is 1. The second kappa shape index (κ2) is 12.0. The Labute approximate surface area is 238 Å². The lowest BCUT2D eigenvalue weighted by molar-refractivity contribution is -0.120. The van der Waals surface area contributed by atoms with Gasteiger partial charge in [-0.05, 0) is 55.9 Å². The standard InChI is InChI=1S/C28H27ClF2N6O4/c29-17-11-20(25(26(30)31)34-12-17)27(39)35-18-7-5-16(6-8-18)14-36-21-3-1-2-4-22(21)37(28(36)40)19-9-10-24(33-13-19)41-15-23(32)38/h1-4,9-13,16,18,26H,5-8,14-15H2,(H2,32,38)(H,35,39)/t16-,18-. The number of ether oxygens (including phenoxy) is 1. The molecule has 3 aromatic heterocycles. The molecular formula is C28H27ClF2N6O4. The van der Waals surface area contributed by atoms with Gasteiger partial charge in [-0.3, -0.25) is 23.7 Å². The van der Waals surface area contributed by atoms with Gasteiger partial charge in [0.25, 0.3) is 18.2 Å². The molecule has 1 aliphatic carbocycles. The number of halogens is 3. The number of amides is 2. The van der Waals surface area contributed by atoms with E-state index in [1.165, 1.54) is 12.3 Å². The van der Waals surface area contributed by atoms with Gasteiger partial charge in [-0.15, -0.1) is 0 Å². The first-order valence-electron chi connectivity index (χ1n) is 13.0. The number of primary amides is 1. The average Bonchev–Trinajstić information content (AvgIpc) is 3.23. The van der Waals surface area contributed by atoms with Crippen molar-refractivity contribution in [1.82, 2.24) is 24.4 Å². The zero-order valence-electron chi connectivity index (χ0n) is 21.8. The lowest BCUT2D eigenvalue weighted by atomic mass is 9.85. The Morgan fingerprint density at radius 2 is 1.80 bits per heavy atom. The quantitative estimate of drug-likeness (QED) is 0.305. The number of fused-ring (bicyclic) bond motifs is 1. The van der Waals surface area contributed by atoms with Gasteiger partial charge in [0.1, 0.15) is 5.69 Å². The van der Waals surface area contributed by atoms with Gasteiger partial charge in [-0.1, -0.05) is 23.7 Å². The van der Waals surface area contributed by atoms with Crippen LogP contribution in [0.4, 0.5) is 8.78 Å². The number of carbonyl (C=O) groups is 2. The van der Waals surface area contributed by atoms with Gasteiger partial charge in [0.2, 0.25) is 5.88 Å². The van der Waals surface area contributed by atoms with Crippen LogP contribution in [0.15, 0.2) is 59.7 Å². The SMILES string of the molecule is NC(=O)COc1ccc(-n2c(=O)n(C[C@H]3CC[C@H](NC(=O)c4cc(Cl)cnc4C(F)F)CC3)c3ccccc32)cn1. The summed E-state index contributed by atoms with van der Waals surface area (Å²) in [6.45, 7) is 0.181. The highest BCUT2D eigenvalue weighted by atomic mass is 35.5. The van der Waals surface area contributed by atoms with Crippen LogP contribution in [0, 0.1) is 5.92 Å². The average molecular weight is 585 g/mol. The molecular weight excluding hydrogens is 558 g/mol. The van der Waals surface area contributed by atoms with E-state index in [0.29, 0.717) is 25.1 Å². The summed E-state index contributed by atoms with van der Waals surface area (Å²) in [4.78, 5) is 45.1. The van der Waals surface area contributed by atoms with E-state index in [2.05, 4.69) is 15.3 Å². The van der Waals surface area contributed by atoms with Crippen molar-refractivity contribution in [3.8, 4) is 11.6 Å². The molecule has 3 heterocycles. The Morgan fingerprint density at radius 3 is 2.46 bits per heavy atom. The van der Waals surface area contributed by atoms with E-state index >= 15 is 0 Å². The smallest absolute Gasteiger partial charge is 0.333 e. The van der Waals surface area contributed by atoms with Crippen LogP contribution in [0.25, 0.3) is 16.7 Å². The van der Waals surface area contributed by atoms with Gasteiger partial charge in [0.05, 0.1) is 33.5 Å². The molecule has 10 nitrogen and oxygen atoms in total. The highest BCUT2D eigenvalue weighted by molar-refractivity contribution is 6.30. The molecule has 2 amide bonds. The number of nitrogens with two attached hydrogens (primary N) is 1. The van der Waals surface area contributed by atoms with Crippen molar-refractivity contribution in [2.75, 3.05) is 6.61 Å². The third kappa shape index (κ3) is 6.22. The summed E-state index contributed by atoms with van der Waals surface area (Å²) in [5.74, 6) is -0.860. The molecule has 0 atom stereocenters. The van der Waals surface area contributed by atoms with Crippen LogP contribution in [-0.4, -0.2) is 43.6 Å². The van der Waals surface area contributed by atoms with Gasteiger partial charge >= 0.3 is 5.69 Å². The number of aromatic nitrogens is 4. The molecule has 41 heavy (non-hydrogen) atoms. The first kappa shape index (κ1) is 28.2. The molecule has 0 aliphatic heterocycles. The van der Waals surface area contributed by atoms with Crippen molar-refractivity contribution >= 4 is 34.4 Å². The molecule has 1 aromatic carbocycles. The maximum absolute atomic E-state index is 13.6. The fourth-order valence-corrected chi connectivity index (χ4v) is 5.34. The molecule has 214 valence electrons. The molecule has 3 N–H and O–H groups in total. The number of hydrogen-bond donors (Lipinski definition) is 2. The normalized spacial score (nSPS) is 17.1. The number of hydrogen-bond acceptors (Lipinski definition) is 6. The molecule has 0 spiro atoms. The molecule has 0 saturated heterocycles. The minimum absolute atomic E-state index is 0.107. The summed E-state index contributed by atoms with van der Waals surface area (Å²) in [6.07, 6.45) is 2.44. The van der Waals surface area contributed by atoms with Crippen molar-refractivity contribution in [3.05, 3.63) is 81.6 Å². The van der Waals surface area contributed by atoms with Gasteiger partial charge in [0.15, 0.2) is 6.61 Å². The molecule has 0 unspecified atom stereocenters. The summed E-state index contributed by atoms with van der Waals surface area (Å²) in [5, 5.41) is 2.95. The molecule has 0 radical (unpaired) electrons. The van der Waals surface area contributed by atoms with E-state index in [0.717, 1.165) is 30.1 Å². The number of imidazole rings is 1. The minimum atomic E-state index is -2.90. The van der Waals surface area contributed by atoms with Gasteiger partial charge in [-0.2, -0.15) is 0 Å². The van der Waals surface area contributed by atoms with Crippen LogP contribution in [0.5, 0.6) is 5.88 Å². The van der Waals surface area contributed by atoms with E-state index in [-0.39, 0.29) is 40.7 Å². The molecule has 4 aromatic rings. The van der Waals surface area contributed by atoms with Crippen LogP contribution in [0.3, 0.4) is 0 Å². The maximum Gasteiger partial charge on any atom is 0.333 e. The fourth-order valence-electron chi connectivity index (χ4n) is 5.19. The van der Waals surface area contributed by atoms with Crippen molar-refractivity contribution in [2.24, 2.45) is 11.7 Å². The van der Waals surface area contributed by atoms with Crippen LogP contribution < -0.4 is 21.5 Å². The van der Waals surface area contributed by atoms with Crippen LogP contribution >= 0.6 is 11.6 Å². The Balaban J connectivity index is 1.28. The first-order valence-corrected chi connectivity index (χ1v) is 13.4. The monoisotopic (exact) mass is 584 g/mol. The molecule has 1 aliphatic rings. The van der Waals surface area contributed by atoms with Crippen LogP contribution in [0.1, 0.15) is 48.2 Å². The third-order valence-corrected chi connectivity index (χ3v) is 7.34. The summed E-state index contributed by atoms with van der Waals surface area (Å²) in [7, 11) is 0. The summed E-state index contributed by atoms with van der Waals surface area (Å²) < 4.78 is 35.2. The number of rotatable bonds is 9. The second-order valence-electron chi connectivity index (χ2n) is 9.91. The number of pyridine rings is 2. The van der Waals surface area contributed by atoms with Crippen molar-refractivity contribution in [1.29, 1.82) is 0 Å². The number of para-hydroxylation sites is 2. The Morgan fingerprint density at radius 1 is 1.07 bits per heavy atom. The van der Waals surface area contributed by atoms with Crippen molar-refractivity contribution < 1.29 is 23.1 Å².